The van der Waals surface area contributed by atoms with Crippen LogP contribution in [-0.4, -0.2) is 11.1 Å². The molecule has 0 bridgehead atoms. The summed E-state index contributed by atoms with van der Waals surface area (Å²) in [5.41, 5.74) is 1.52. The molecule has 0 amide bonds. The summed E-state index contributed by atoms with van der Waals surface area (Å²) in [6.07, 6.45) is 0.161. The van der Waals surface area contributed by atoms with E-state index in [0.717, 1.165) is 22.0 Å². The van der Waals surface area contributed by atoms with Crippen LogP contribution in [0, 0.1) is 13.8 Å². The predicted molar refractivity (Wildman–Crippen MR) is 79.3 cm³/mol. The molecular formula is C17H15NO3. The average molecular weight is 281 g/mol. The quantitative estimate of drug-likeness (QED) is 0.544. The second-order valence-electron chi connectivity index (χ2n) is 4.96. The van der Waals surface area contributed by atoms with Crippen molar-refractivity contribution >= 4 is 16.7 Å². The second-order valence-corrected chi connectivity index (χ2v) is 4.96. The average Bonchev–Trinajstić information content (AvgIpc) is 2.79. The highest BCUT2D eigenvalue weighted by Crippen LogP contribution is 2.21. The van der Waals surface area contributed by atoms with Crippen molar-refractivity contribution < 1.29 is 14.1 Å². The highest BCUT2D eigenvalue weighted by molar-refractivity contribution is 5.85. The number of esters is 1. The third kappa shape index (κ3) is 2.79. The van der Waals surface area contributed by atoms with Crippen LogP contribution in [0.5, 0.6) is 5.75 Å². The first-order valence-corrected chi connectivity index (χ1v) is 6.75. The predicted octanol–water partition coefficient (Wildman–Crippen LogP) is 3.59. The molecule has 0 saturated heterocycles. The van der Waals surface area contributed by atoms with E-state index in [4.69, 9.17) is 9.26 Å². The minimum Gasteiger partial charge on any atom is -0.426 e. The third-order valence-corrected chi connectivity index (χ3v) is 3.45. The Morgan fingerprint density at radius 3 is 2.62 bits per heavy atom. The molecule has 0 radical (unpaired) electrons. The van der Waals surface area contributed by atoms with Crippen molar-refractivity contribution in [2.75, 3.05) is 0 Å². The second kappa shape index (κ2) is 5.40. The molecule has 0 N–H and O–H groups in total. The number of benzene rings is 2. The fourth-order valence-electron chi connectivity index (χ4n) is 2.30. The van der Waals surface area contributed by atoms with Gasteiger partial charge < -0.3 is 9.26 Å². The molecule has 1 aromatic heterocycles. The van der Waals surface area contributed by atoms with E-state index in [0.29, 0.717) is 11.5 Å². The van der Waals surface area contributed by atoms with Gasteiger partial charge in [0.1, 0.15) is 11.5 Å². The number of fused-ring (bicyclic) bond motifs is 1. The highest BCUT2D eigenvalue weighted by atomic mass is 16.5. The Kier molecular flexibility index (Phi) is 3.44. The largest absolute Gasteiger partial charge is 0.426 e. The molecular weight excluding hydrogens is 266 g/mol. The van der Waals surface area contributed by atoms with Crippen molar-refractivity contribution in [1.82, 2.24) is 5.16 Å². The van der Waals surface area contributed by atoms with Crippen molar-refractivity contribution in [3.8, 4) is 5.75 Å². The van der Waals surface area contributed by atoms with Crippen LogP contribution >= 0.6 is 0 Å². The summed E-state index contributed by atoms with van der Waals surface area (Å²) >= 11 is 0. The molecule has 4 heteroatoms. The molecule has 3 aromatic rings. The van der Waals surface area contributed by atoms with Crippen LogP contribution in [0.2, 0.25) is 0 Å². The third-order valence-electron chi connectivity index (χ3n) is 3.45. The summed E-state index contributed by atoms with van der Waals surface area (Å²) in [5, 5.41) is 5.99. The van der Waals surface area contributed by atoms with E-state index in [1.807, 2.05) is 43.3 Å². The Bertz CT molecular complexity index is 785. The van der Waals surface area contributed by atoms with Crippen molar-refractivity contribution in [3.05, 3.63) is 59.5 Å². The molecule has 0 saturated carbocycles. The van der Waals surface area contributed by atoms with Gasteiger partial charge in [-0.1, -0.05) is 35.5 Å². The van der Waals surface area contributed by atoms with E-state index in [1.54, 1.807) is 13.0 Å². The van der Waals surface area contributed by atoms with E-state index >= 15 is 0 Å². The van der Waals surface area contributed by atoms with Gasteiger partial charge in [-0.3, -0.25) is 4.79 Å². The van der Waals surface area contributed by atoms with Gasteiger partial charge in [-0.2, -0.15) is 0 Å². The number of carbonyl (C=O) groups excluding carboxylic acids is 1. The number of aromatic nitrogens is 1. The van der Waals surface area contributed by atoms with Gasteiger partial charge in [0.2, 0.25) is 0 Å². The summed E-state index contributed by atoms with van der Waals surface area (Å²) in [4.78, 5) is 12.0. The van der Waals surface area contributed by atoms with Crippen molar-refractivity contribution in [1.29, 1.82) is 0 Å². The van der Waals surface area contributed by atoms with Crippen LogP contribution in [0.3, 0.4) is 0 Å². The molecule has 0 aliphatic carbocycles. The zero-order chi connectivity index (χ0) is 14.8. The van der Waals surface area contributed by atoms with Gasteiger partial charge in [-0.15, -0.1) is 0 Å². The normalized spacial score (nSPS) is 10.8. The molecule has 4 nitrogen and oxygen atoms in total. The number of rotatable bonds is 3. The van der Waals surface area contributed by atoms with Gasteiger partial charge >= 0.3 is 5.97 Å². The lowest BCUT2D eigenvalue weighted by Gasteiger charge is -2.05. The van der Waals surface area contributed by atoms with E-state index in [-0.39, 0.29) is 12.4 Å². The fourth-order valence-corrected chi connectivity index (χ4v) is 2.30. The van der Waals surface area contributed by atoms with Gasteiger partial charge in [0.05, 0.1) is 12.1 Å². The van der Waals surface area contributed by atoms with Gasteiger partial charge in [-0.25, -0.2) is 0 Å². The number of aryl methyl sites for hydroxylation is 2. The molecule has 3 rings (SSSR count). The van der Waals surface area contributed by atoms with Crippen LogP contribution in [0.4, 0.5) is 0 Å². The highest BCUT2D eigenvalue weighted by Gasteiger charge is 2.15. The molecule has 0 aliphatic heterocycles. The van der Waals surface area contributed by atoms with Crippen LogP contribution in [0.15, 0.2) is 47.0 Å². The molecule has 0 spiro atoms. The van der Waals surface area contributed by atoms with E-state index in [9.17, 15) is 4.79 Å². The molecule has 1 heterocycles. The molecule has 0 atom stereocenters. The molecule has 0 unspecified atom stereocenters. The summed E-state index contributed by atoms with van der Waals surface area (Å²) in [7, 11) is 0. The SMILES string of the molecule is Cc1noc(C)c1CC(=O)Oc1ccc2ccccc2c1. The minimum atomic E-state index is -0.320. The number of ether oxygens (including phenoxy) is 1. The Morgan fingerprint density at radius 1 is 1.14 bits per heavy atom. The lowest BCUT2D eigenvalue weighted by molar-refractivity contribution is -0.133. The molecule has 0 fully saturated rings. The summed E-state index contributed by atoms with van der Waals surface area (Å²) in [6.45, 7) is 3.60. The Labute approximate surface area is 122 Å². The monoisotopic (exact) mass is 281 g/mol. The van der Waals surface area contributed by atoms with Crippen molar-refractivity contribution in [2.24, 2.45) is 0 Å². The molecule has 0 aliphatic rings. The van der Waals surface area contributed by atoms with Crippen molar-refractivity contribution in [2.45, 2.75) is 20.3 Å². The maximum Gasteiger partial charge on any atom is 0.315 e. The van der Waals surface area contributed by atoms with E-state index in [2.05, 4.69) is 5.16 Å². The maximum absolute atomic E-state index is 12.0. The zero-order valence-electron chi connectivity index (χ0n) is 11.9. The Morgan fingerprint density at radius 2 is 1.90 bits per heavy atom. The number of carbonyl (C=O) groups is 1. The number of nitrogens with zero attached hydrogens (tertiary/aromatic N) is 1. The lowest BCUT2D eigenvalue weighted by atomic mass is 10.1. The summed E-state index contributed by atoms with van der Waals surface area (Å²) < 4.78 is 10.4. The van der Waals surface area contributed by atoms with E-state index in [1.165, 1.54) is 0 Å². The van der Waals surface area contributed by atoms with Gasteiger partial charge in [0, 0.05) is 5.56 Å². The summed E-state index contributed by atoms with van der Waals surface area (Å²) in [5.74, 6) is 0.883. The van der Waals surface area contributed by atoms with Gasteiger partial charge in [-0.05, 0) is 36.8 Å². The lowest BCUT2D eigenvalue weighted by Crippen LogP contribution is -2.12. The minimum absolute atomic E-state index is 0.161. The van der Waals surface area contributed by atoms with Crippen LogP contribution < -0.4 is 4.74 Å². The first-order chi connectivity index (χ1) is 10.1. The van der Waals surface area contributed by atoms with Gasteiger partial charge in [0.15, 0.2) is 0 Å². The van der Waals surface area contributed by atoms with Gasteiger partial charge in [0.25, 0.3) is 0 Å². The van der Waals surface area contributed by atoms with Crippen LogP contribution in [0.1, 0.15) is 17.0 Å². The summed E-state index contributed by atoms with van der Waals surface area (Å²) in [6, 6.07) is 13.5. The first-order valence-electron chi connectivity index (χ1n) is 6.75. The Balaban J connectivity index is 1.77. The zero-order valence-corrected chi connectivity index (χ0v) is 11.9. The smallest absolute Gasteiger partial charge is 0.315 e. The molecule has 21 heavy (non-hydrogen) atoms. The topological polar surface area (TPSA) is 52.3 Å². The fraction of sp³-hybridized carbons (Fsp3) is 0.176. The van der Waals surface area contributed by atoms with Crippen molar-refractivity contribution in [3.63, 3.8) is 0 Å². The molecule has 106 valence electrons. The van der Waals surface area contributed by atoms with Crippen LogP contribution in [-0.2, 0) is 11.2 Å². The van der Waals surface area contributed by atoms with Crippen LogP contribution in [0.25, 0.3) is 10.8 Å². The maximum atomic E-state index is 12.0. The standard InChI is InChI=1S/C17H15NO3/c1-11-16(12(2)21-18-11)10-17(19)20-15-8-7-13-5-3-4-6-14(13)9-15/h3-9H,10H2,1-2H3. The molecule has 2 aromatic carbocycles. The first kappa shape index (κ1) is 13.4. The number of hydrogen-bond donors (Lipinski definition) is 0. The Hall–Kier alpha value is -2.62. The number of hydrogen-bond acceptors (Lipinski definition) is 4. The van der Waals surface area contributed by atoms with E-state index < -0.39 is 0 Å².